The average Bonchev–Trinajstić information content (AvgIpc) is 2.62. The molecule has 132 valence electrons. The van der Waals surface area contributed by atoms with Crippen molar-refractivity contribution in [1.29, 1.82) is 0 Å². The number of aromatic nitrogens is 2. The Kier molecular flexibility index (Phi) is 5.55. The van der Waals surface area contributed by atoms with Crippen LogP contribution in [0.15, 0.2) is 36.7 Å². The lowest BCUT2D eigenvalue weighted by Crippen LogP contribution is -2.46. The standard InChI is InChI=1S/C17H20ClN5O2/c18-15-10-13(19)3-2-12(15)11-22-17(24)23-8-4-14(5-9-23)25-16-20-6-1-7-21-16/h1-3,6-7,10,14H,4-5,8-9,11,19H2,(H,22,24). The van der Waals surface area contributed by atoms with Gasteiger partial charge in [0.25, 0.3) is 0 Å². The van der Waals surface area contributed by atoms with E-state index in [-0.39, 0.29) is 12.1 Å². The number of amides is 2. The van der Waals surface area contributed by atoms with Crippen molar-refractivity contribution in [3.8, 4) is 6.01 Å². The summed E-state index contributed by atoms with van der Waals surface area (Å²) in [5.74, 6) is 0. The van der Waals surface area contributed by atoms with Crippen LogP contribution in [0.3, 0.4) is 0 Å². The van der Waals surface area contributed by atoms with E-state index in [1.807, 2.05) is 6.07 Å². The van der Waals surface area contributed by atoms with Gasteiger partial charge in [-0.25, -0.2) is 14.8 Å². The fourth-order valence-corrected chi connectivity index (χ4v) is 2.92. The van der Waals surface area contributed by atoms with E-state index < -0.39 is 0 Å². The van der Waals surface area contributed by atoms with Crippen LogP contribution >= 0.6 is 11.6 Å². The van der Waals surface area contributed by atoms with Crippen LogP contribution in [0.1, 0.15) is 18.4 Å². The molecule has 0 radical (unpaired) electrons. The Morgan fingerprint density at radius 2 is 2.04 bits per heavy atom. The number of nitrogen functional groups attached to an aromatic ring is 1. The number of nitrogens with one attached hydrogen (secondary N) is 1. The van der Waals surface area contributed by atoms with Gasteiger partial charge in [0, 0.05) is 55.6 Å². The molecule has 1 aliphatic rings. The van der Waals surface area contributed by atoms with Crippen molar-refractivity contribution in [2.45, 2.75) is 25.5 Å². The lowest BCUT2D eigenvalue weighted by molar-refractivity contribution is 0.103. The molecule has 7 nitrogen and oxygen atoms in total. The van der Waals surface area contributed by atoms with E-state index in [1.54, 1.807) is 35.5 Å². The molecule has 1 aromatic carbocycles. The van der Waals surface area contributed by atoms with E-state index in [0.717, 1.165) is 18.4 Å². The van der Waals surface area contributed by atoms with E-state index in [2.05, 4.69) is 15.3 Å². The molecule has 0 aliphatic carbocycles. The Morgan fingerprint density at radius 3 is 2.72 bits per heavy atom. The maximum atomic E-state index is 12.3. The fourth-order valence-electron chi connectivity index (χ4n) is 2.66. The molecule has 1 aromatic heterocycles. The van der Waals surface area contributed by atoms with Crippen molar-refractivity contribution in [2.75, 3.05) is 18.8 Å². The number of ether oxygens (including phenoxy) is 1. The number of rotatable bonds is 4. The molecule has 1 aliphatic heterocycles. The SMILES string of the molecule is Nc1ccc(CNC(=O)N2CCC(Oc3ncccn3)CC2)c(Cl)c1. The first-order valence-electron chi connectivity index (χ1n) is 8.12. The van der Waals surface area contributed by atoms with Crippen LogP contribution in [0.4, 0.5) is 10.5 Å². The number of hydrogen-bond donors (Lipinski definition) is 2. The highest BCUT2D eigenvalue weighted by Crippen LogP contribution is 2.19. The molecule has 2 heterocycles. The Labute approximate surface area is 151 Å². The highest BCUT2D eigenvalue weighted by Gasteiger charge is 2.24. The smallest absolute Gasteiger partial charge is 0.317 e. The first kappa shape index (κ1) is 17.3. The van der Waals surface area contributed by atoms with Gasteiger partial charge in [-0.3, -0.25) is 0 Å². The van der Waals surface area contributed by atoms with E-state index in [0.29, 0.717) is 36.4 Å². The van der Waals surface area contributed by atoms with Gasteiger partial charge in [0.05, 0.1) is 0 Å². The molecule has 0 spiro atoms. The number of benzene rings is 1. The Morgan fingerprint density at radius 1 is 1.32 bits per heavy atom. The highest BCUT2D eigenvalue weighted by molar-refractivity contribution is 6.31. The number of carbonyl (C=O) groups is 1. The monoisotopic (exact) mass is 361 g/mol. The molecular formula is C17H20ClN5O2. The number of likely N-dealkylation sites (tertiary alicyclic amines) is 1. The molecule has 1 saturated heterocycles. The molecule has 0 bridgehead atoms. The van der Waals surface area contributed by atoms with Crippen LogP contribution in [-0.2, 0) is 6.54 Å². The fraction of sp³-hybridized carbons (Fsp3) is 0.353. The number of carbonyl (C=O) groups excluding carboxylic acids is 1. The van der Waals surface area contributed by atoms with Gasteiger partial charge < -0.3 is 20.7 Å². The maximum Gasteiger partial charge on any atom is 0.317 e. The first-order chi connectivity index (χ1) is 12.1. The normalized spacial score (nSPS) is 15.0. The number of nitrogens with two attached hydrogens (primary N) is 1. The molecule has 0 unspecified atom stereocenters. The minimum atomic E-state index is -0.109. The summed E-state index contributed by atoms with van der Waals surface area (Å²) < 4.78 is 5.73. The molecule has 1 fully saturated rings. The molecule has 0 saturated carbocycles. The Hall–Kier alpha value is -2.54. The van der Waals surface area contributed by atoms with Gasteiger partial charge >= 0.3 is 12.0 Å². The average molecular weight is 362 g/mol. The van der Waals surface area contributed by atoms with E-state index in [4.69, 9.17) is 22.1 Å². The summed E-state index contributed by atoms with van der Waals surface area (Å²) in [5.41, 5.74) is 7.11. The number of piperidine rings is 1. The van der Waals surface area contributed by atoms with Crippen LogP contribution < -0.4 is 15.8 Å². The van der Waals surface area contributed by atoms with Gasteiger partial charge in [0.1, 0.15) is 6.10 Å². The summed E-state index contributed by atoms with van der Waals surface area (Å²) in [6, 6.07) is 7.27. The minimum absolute atomic E-state index is 0.0259. The van der Waals surface area contributed by atoms with E-state index in [9.17, 15) is 4.79 Å². The Bertz CT molecular complexity index is 720. The Balaban J connectivity index is 1.45. The molecule has 3 N–H and O–H groups in total. The molecule has 3 rings (SSSR count). The van der Waals surface area contributed by atoms with Gasteiger partial charge in [-0.1, -0.05) is 17.7 Å². The number of urea groups is 1. The zero-order valence-electron chi connectivity index (χ0n) is 13.7. The van der Waals surface area contributed by atoms with Crippen LogP contribution in [0.25, 0.3) is 0 Å². The quantitative estimate of drug-likeness (QED) is 0.816. The summed E-state index contributed by atoms with van der Waals surface area (Å²) >= 11 is 6.12. The summed E-state index contributed by atoms with van der Waals surface area (Å²) in [6.45, 7) is 1.61. The second kappa shape index (κ2) is 8.02. The van der Waals surface area contributed by atoms with Gasteiger partial charge in [-0.05, 0) is 23.8 Å². The highest BCUT2D eigenvalue weighted by atomic mass is 35.5. The van der Waals surface area contributed by atoms with Crippen molar-refractivity contribution in [3.63, 3.8) is 0 Å². The molecule has 8 heteroatoms. The molecule has 2 amide bonds. The van der Waals surface area contributed by atoms with Crippen LogP contribution in [0.2, 0.25) is 5.02 Å². The molecule has 2 aromatic rings. The van der Waals surface area contributed by atoms with Crippen molar-refractivity contribution in [2.24, 2.45) is 0 Å². The third kappa shape index (κ3) is 4.73. The molecular weight excluding hydrogens is 342 g/mol. The number of nitrogens with zero attached hydrogens (tertiary/aromatic N) is 3. The third-order valence-corrected chi connectivity index (χ3v) is 4.40. The van der Waals surface area contributed by atoms with E-state index in [1.165, 1.54) is 0 Å². The summed E-state index contributed by atoms with van der Waals surface area (Å²) in [6.07, 6.45) is 4.81. The van der Waals surface area contributed by atoms with Crippen molar-refractivity contribution in [1.82, 2.24) is 20.2 Å². The lowest BCUT2D eigenvalue weighted by Gasteiger charge is -2.31. The predicted molar refractivity (Wildman–Crippen MR) is 95.4 cm³/mol. The lowest BCUT2D eigenvalue weighted by atomic mass is 10.1. The van der Waals surface area contributed by atoms with Crippen molar-refractivity contribution >= 4 is 23.3 Å². The largest absolute Gasteiger partial charge is 0.460 e. The number of hydrogen-bond acceptors (Lipinski definition) is 5. The molecule has 0 atom stereocenters. The first-order valence-corrected chi connectivity index (χ1v) is 8.50. The van der Waals surface area contributed by atoms with Gasteiger partial charge in [0.15, 0.2) is 0 Å². The van der Waals surface area contributed by atoms with Crippen molar-refractivity contribution in [3.05, 3.63) is 47.2 Å². The van der Waals surface area contributed by atoms with Crippen LogP contribution in [-0.4, -0.2) is 40.1 Å². The van der Waals surface area contributed by atoms with Gasteiger partial charge in [-0.15, -0.1) is 0 Å². The van der Waals surface area contributed by atoms with Crippen molar-refractivity contribution < 1.29 is 9.53 Å². The molecule has 25 heavy (non-hydrogen) atoms. The maximum absolute atomic E-state index is 12.3. The second-order valence-electron chi connectivity index (χ2n) is 5.85. The van der Waals surface area contributed by atoms with Gasteiger partial charge in [-0.2, -0.15) is 0 Å². The predicted octanol–water partition coefficient (Wildman–Crippen LogP) is 2.47. The summed E-state index contributed by atoms with van der Waals surface area (Å²) in [7, 11) is 0. The van der Waals surface area contributed by atoms with Crippen LogP contribution in [0.5, 0.6) is 6.01 Å². The van der Waals surface area contributed by atoms with E-state index >= 15 is 0 Å². The number of anilines is 1. The second-order valence-corrected chi connectivity index (χ2v) is 6.25. The summed E-state index contributed by atoms with van der Waals surface area (Å²) in [5, 5.41) is 3.44. The van der Waals surface area contributed by atoms with Gasteiger partial charge in [0.2, 0.25) is 0 Å². The number of halogens is 1. The topological polar surface area (TPSA) is 93.4 Å². The zero-order chi connectivity index (χ0) is 17.6. The van der Waals surface area contributed by atoms with Crippen LogP contribution in [0, 0.1) is 0 Å². The summed E-state index contributed by atoms with van der Waals surface area (Å²) in [4.78, 5) is 22.2. The third-order valence-electron chi connectivity index (χ3n) is 4.05. The zero-order valence-corrected chi connectivity index (χ0v) is 14.4. The minimum Gasteiger partial charge on any atom is -0.460 e.